The van der Waals surface area contributed by atoms with Crippen molar-refractivity contribution in [1.29, 1.82) is 0 Å². The van der Waals surface area contributed by atoms with Gasteiger partial charge in [-0.1, -0.05) is 27.2 Å². The standard InChI is InChI=1S/C18H26N2O4S/c1-4-18(2,3)10-5-6-11-12(9-10)25-17(15(11)16(19)24)20-13(21)7-8-14(22)23/h10H,4-9H2,1-3H3,(H2,19,24)(H,20,21)(H,22,23)/t10-/m0/s1. The smallest absolute Gasteiger partial charge is 0.303 e. The number of nitrogens with one attached hydrogen (secondary N) is 1. The van der Waals surface area contributed by atoms with Crippen molar-refractivity contribution in [2.75, 3.05) is 5.32 Å². The predicted octanol–water partition coefficient (Wildman–Crippen LogP) is 3.19. The van der Waals surface area contributed by atoms with Crippen LogP contribution in [0.1, 0.15) is 67.3 Å². The number of hydrogen-bond donors (Lipinski definition) is 3. The van der Waals surface area contributed by atoms with Crippen LogP contribution in [0.4, 0.5) is 5.00 Å². The summed E-state index contributed by atoms with van der Waals surface area (Å²) in [7, 11) is 0. The van der Waals surface area contributed by atoms with Crippen LogP contribution in [0, 0.1) is 11.3 Å². The molecule has 1 aromatic rings. The van der Waals surface area contributed by atoms with Crippen LogP contribution in [-0.2, 0) is 22.4 Å². The molecule has 4 N–H and O–H groups in total. The van der Waals surface area contributed by atoms with Gasteiger partial charge in [-0.15, -0.1) is 11.3 Å². The first kappa shape index (κ1) is 19.4. The van der Waals surface area contributed by atoms with Gasteiger partial charge >= 0.3 is 5.97 Å². The van der Waals surface area contributed by atoms with E-state index in [-0.39, 0.29) is 18.3 Å². The summed E-state index contributed by atoms with van der Waals surface area (Å²) in [6.45, 7) is 6.71. The number of amides is 2. The molecule has 2 rings (SSSR count). The van der Waals surface area contributed by atoms with Crippen LogP contribution in [-0.4, -0.2) is 22.9 Å². The molecular weight excluding hydrogens is 340 g/mol. The van der Waals surface area contributed by atoms with E-state index in [4.69, 9.17) is 10.8 Å². The Labute approximate surface area is 151 Å². The number of carboxylic acids is 1. The Balaban J connectivity index is 2.24. The average Bonchev–Trinajstić information content (AvgIpc) is 2.89. The third-order valence-electron chi connectivity index (χ3n) is 5.35. The van der Waals surface area contributed by atoms with Crippen molar-refractivity contribution in [2.24, 2.45) is 17.1 Å². The van der Waals surface area contributed by atoms with E-state index >= 15 is 0 Å². The van der Waals surface area contributed by atoms with E-state index in [1.807, 2.05) is 0 Å². The second-order valence-corrected chi connectivity index (χ2v) is 8.40. The molecule has 0 unspecified atom stereocenters. The van der Waals surface area contributed by atoms with Gasteiger partial charge in [0.25, 0.3) is 5.91 Å². The van der Waals surface area contributed by atoms with Crippen LogP contribution in [0.2, 0.25) is 0 Å². The van der Waals surface area contributed by atoms with Gasteiger partial charge in [0.1, 0.15) is 5.00 Å². The molecule has 0 aromatic carbocycles. The number of primary amides is 1. The largest absolute Gasteiger partial charge is 0.481 e. The molecule has 2 amide bonds. The Morgan fingerprint density at radius 3 is 2.56 bits per heavy atom. The van der Waals surface area contributed by atoms with E-state index in [1.165, 1.54) is 11.3 Å². The second kappa shape index (κ2) is 7.56. The number of anilines is 1. The lowest BCUT2D eigenvalue weighted by atomic mass is 9.69. The molecule has 1 atom stereocenters. The maximum absolute atomic E-state index is 12.0. The molecule has 1 aromatic heterocycles. The molecule has 0 saturated carbocycles. The Hall–Kier alpha value is -1.89. The Morgan fingerprint density at radius 1 is 1.32 bits per heavy atom. The minimum atomic E-state index is -1.03. The topological polar surface area (TPSA) is 109 Å². The Kier molecular flexibility index (Phi) is 5.87. The molecule has 0 saturated heterocycles. The van der Waals surface area contributed by atoms with Gasteiger partial charge in [0.2, 0.25) is 5.91 Å². The summed E-state index contributed by atoms with van der Waals surface area (Å²) < 4.78 is 0. The number of nitrogens with two attached hydrogens (primary N) is 1. The Bertz CT molecular complexity index is 693. The van der Waals surface area contributed by atoms with Gasteiger partial charge in [0.05, 0.1) is 12.0 Å². The maximum Gasteiger partial charge on any atom is 0.303 e. The van der Waals surface area contributed by atoms with Crippen molar-refractivity contribution in [1.82, 2.24) is 0 Å². The highest BCUT2D eigenvalue weighted by Gasteiger charge is 2.34. The van der Waals surface area contributed by atoms with Gasteiger partial charge < -0.3 is 16.2 Å². The molecule has 0 radical (unpaired) electrons. The molecule has 1 aliphatic carbocycles. The predicted molar refractivity (Wildman–Crippen MR) is 97.9 cm³/mol. The molecule has 0 aliphatic heterocycles. The fourth-order valence-corrected chi connectivity index (χ4v) is 4.65. The lowest BCUT2D eigenvalue weighted by Gasteiger charge is -2.36. The zero-order chi connectivity index (χ0) is 18.8. The number of rotatable bonds is 7. The lowest BCUT2D eigenvalue weighted by Crippen LogP contribution is -2.29. The van der Waals surface area contributed by atoms with Crippen molar-refractivity contribution in [3.63, 3.8) is 0 Å². The first-order chi connectivity index (χ1) is 11.7. The number of thiophene rings is 1. The fraction of sp³-hybridized carbons (Fsp3) is 0.611. The summed E-state index contributed by atoms with van der Waals surface area (Å²) in [6, 6.07) is 0. The van der Waals surface area contributed by atoms with E-state index in [9.17, 15) is 14.4 Å². The Morgan fingerprint density at radius 2 is 2.00 bits per heavy atom. The molecule has 1 heterocycles. The van der Waals surface area contributed by atoms with Gasteiger partial charge in [-0.2, -0.15) is 0 Å². The first-order valence-corrected chi connectivity index (χ1v) is 9.43. The van der Waals surface area contributed by atoms with Gasteiger partial charge in [-0.05, 0) is 36.2 Å². The highest BCUT2D eigenvalue weighted by molar-refractivity contribution is 7.17. The number of carbonyl (C=O) groups is 3. The third kappa shape index (κ3) is 4.39. The number of fused-ring (bicyclic) bond motifs is 1. The van der Waals surface area contributed by atoms with Crippen LogP contribution >= 0.6 is 11.3 Å². The van der Waals surface area contributed by atoms with E-state index in [1.54, 1.807) is 0 Å². The lowest BCUT2D eigenvalue weighted by molar-refractivity contribution is -0.138. The summed E-state index contributed by atoms with van der Waals surface area (Å²) in [6.07, 6.45) is 3.38. The van der Waals surface area contributed by atoms with E-state index in [0.29, 0.717) is 16.5 Å². The zero-order valence-corrected chi connectivity index (χ0v) is 15.8. The third-order valence-corrected chi connectivity index (χ3v) is 6.52. The minimum Gasteiger partial charge on any atom is -0.481 e. The number of aliphatic carboxylic acids is 1. The van der Waals surface area contributed by atoms with Crippen molar-refractivity contribution >= 4 is 34.1 Å². The zero-order valence-electron chi connectivity index (χ0n) is 15.0. The molecule has 6 nitrogen and oxygen atoms in total. The monoisotopic (exact) mass is 366 g/mol. The molecule has 0 fully saturated rings. The van der Waals surface area contributed by atoms with Gasteiger partial charge in [0, 0.05) is 11.3 Å². The molecule has 1 aliphatic rings. The molecule has 0 bridgehead atoms. The highest BCUT2D eigenvalue weighted by atomic mass is 32.1. The second-order valence-electron chi connectivity index (χ2n) is 7.30. The van der Waals surface area contributed by atoms with Gasteiger partial charge in [0.15, 0.2) is 0 Å². The maximum atomic E-state index is 12.0. The van der Waals surface area contributed by atoms with Crippen LogP contribution in [0.3, 0.4) is 0 Å². The molecule has 138 valence electrons. The summed E-state index contributed by atoms with van der Waals surface area (Å²) in [5, 5.41) is 11.8. The number of hydrogen-bond acceptors (Lipinski definition) is 4. The normalized spacial score (nSPS) is 17.0. The number of carboxylic acid groups (broad SMARTS) is 1. The molecular formula is C18H26N2O4S. The molecule has 7 heteroatoms. The molecule has 25 heavy (non-hydrogen) atoms. The van der Waals surface area contributed by atoms with Crippen LogP contribution in [0.5, 0.6) is 0 Å². The van der Waals surface area contributed by atoms with Crippen molar-refractivity contribution in [2.45, 2.75) is 59.3 Å². The summed E-state index contributed by atoms with van der Waals surface area (Å²) in [5.41, 5.74) is 7.12. The van der Waals surface area contributed by atoms with E-state index in [0.717, 1.165) is 36.1 Å². The van der Waals surface area contributed by atoms with Gasteiger partial charge in [-0.25, -0.2) is 0 Å². The van der Waals surface area contributed by atoms with Gasteiger partial charge in [-0.3, -0.25) is 14.4 Å². The molecule has 0 spiro atoms. The summed E-state index contributed by atoms with van der Waals surface area (Å²) in [4.78, 5) is 35.6. The highest BCUT2D eigenvalue weighted by Crippen LogP contribution is 2.45. The van der Waals surface area contributed by atoms with Crippen LogP contribution in [0.15, 0.2) is 0 Å². The van der Waals surface area contributed by atoms with E-state index < -0.39 is 17.8 Å². The first-order valence-electron chi connectivity index (χ1n) is 8.61. The van der Waals surface area contributed by atoms with Crippen molar-refractivity contribution < 1.29 is 19.5 Å². The van der Waals surface area contributed by atoms with Crippen LogP contribution in [0.25, 0.3) is 0 Å². The fourth-order valence-electron chi connectivity index (χ4n) is 3.30. The van der Waals surface area contributed by atoms with Crippen molar-refractivity contribution in [3.05, 3.63) is 16.0 Å². The summed E-state index contributed by atoms with van der Waals surface area (Å²) in [5.74, 6) is -1.45. The summed E-state index contributed by atoms with van der Waals surface area (Å²) >= 11 is 1.40. The number of carbonyl (C=O) groups excluding carboxylic acids is 2. The van der Waals surface area contributed by atoms with Crippen LogP contribution < -0.4 is 11.1 Å². The van der Waals surface area contributed by atoms with E-state index in [2.05, 4.69) is 26.1 Å². The average molecular weight is 366 g/mol. The minimum absolute atomic E-state index is 0.123. The SMILES string of the molecule is CCC(C)(C)[C@H]1CCc2c(sc(NC(=O)CCC(=O)O)c2C(N)=O)C1. The quantitative estimate of drug-likeness (QED) is 0.688. The van der Waals surface area contributed by atoms with Crippen molar-refractivity contribution in [3.8, 4) is 0 Å².